The van der Waals surface area contributed by atoms with E-state index < -0.39 is 0 Å². The van der Waals surface area contributed by atoms with Gasteiger partial charge in [-0.15, -0.1) is 0 Å². The van der Waals surface area contributed by atoms with Crippen molar-refractivity contribution in [3.8, 4) is 11.5 Å². The highest BCUT2D eigenvalue weighted by Crippen LogP contribution is 2.32. The molecule has 0 aromatic heterocycles. The zero-order chi connectivity index (χ0) is 20.8. The van der Waals surface area contributed by atoms with Crippen LogP contribution >= 0.6 is 23.2 Å². The molecule has 0 fully saturated rings. The van der Waals surface area contributed by atoms with E-state index in [9.17, 15) is 0 Å². The smallest absolute Gasteiger partial charge is 0.180 e. The Morgan fingerprint density at radius 2 is 1.50 bits per heavy atom. The molecular formula is C21H32Cl2O5. The van der Waals surface area contributed by atoms with Gasteiger partial charge in [-0.3, -0.25) is 0 Å². The standard InChI is InChI=1S/C21H32Cl2O5/c1-5-16-17(6-2)19(28-14-11-20(22)23)10-9-18(16)27-13-8-7-12-26-15-21(24-3)25-4/h9-11,21H,5-8,12-15H2,1-4H3. The van der Waals surface area contributed by atoms with E-state index >= 15 is 0 Å². The number of methoxy groups -OCH3 is 2. The minimum atomic E-state index is -0.312. The zero-order valence-electron chi connectivity index (χ0n) is 17.3. The topological polar surface area (TPSA) is 46.2 Å². The fourth-order valence-electron chi connectivity index (χ4n) is 2.79. The molecule has 1 aromatic carbocycles. The molecule has 1 rings (SSSR count). The van der Waals surface area contributed by atoms with E-state index in [-0.39, 0.29) is 10.8 Å². The largest absolute Gasteiger partial charge is 0.493 e. The van der Waals surface area contributed by atoms with Crippen LogP contribution in [0.5, 0.6) is 11.5 Å². The molecule has 1 aromatic rings. The number of hydrogen-bond acceptors (Lipinski definition) is 5. The van der Waals surface area contributed by atoms with E-state index in [4.69, 9.17) is 46.9 Å². The van der Waals surface area contributed by atoms with Gasteiger partial charge in [0, 0.05) is 32.0 Å². The van der Waals surface area contributed by atoms with Gasteiger partial charge in [0.25, 0.3) is 0 Å². The highest BCUT2D eigenvalue weighted by atomic mass is 35.5. The Hall–Kier alpha value is -0.980. The predicted octanol–water partition coefficient (Wildman–Crippen LogP) is 5.30. The maximum Gasteiger partial charge on any atom is 0.180 e. The Morgan fingerprint density at radius 3 is 2.04 bits per heavy atom. The maximum absolute atomic E-state index is 6.02. The summed E-state index contributed by atoms with van der Waals surface area (Å²) in [7, 11) is 3.20. The molecule has 0 radical (unpaired) electrons. The average molecular weight is 435 g/mol. The minimum absolute atomic E-state index is 0.206. The second-order valence-electron chi connectivity index (χ2n) is 6.06. The van der Waals surface area contributed by atoms with E-state index in [0.717, 1.165) is 42.7 Å². The lowest BCUT2D eigenvalue weighted by Crippen LogP contribution is -2.20. The van der Waals surface area contributed by atoms with Crippen LogP contribution in [0.3, 0.4) is 0 Å². The van der Waals surface area contributed by atoms with Crippen LogP contribution in [0.2, 0.25) is 0 Å². The summed E-state index contributed by atoms with van der Waals surface area (Å²) >= 11 is 11.3. The Balaban J connectivity index is 2.51. The molecule has 0 spiro atoms. The molecule has 5 nitrogen and oxygen atoms in total. The van der Waals surface area contributed by atoms with Crippen molar-refractivity contribution in [3.63, 3.8) is 0 Å². The summed E-state index contributed by atoms with van der Waals surface area (Å²) in [6.07, 6.45) is 4.87. The molecule has 0 aliphatic carbocycles. The SMILES string of the molecule is CCc1c(OCC=C(Cl)Cl)ccc(OCCCCOCC(OC)OC)c1CC. The highest BCUT2D eigenvalue weighted by Gasteiger charge is 2.13. The van der Waals surface area contributed by atoms with Gasteiger partial charge in [-0.05, 0) is 43.9 Å². The van der Waals surface area contributed by atoms with Crippen molar-refractivity contribution < 1.29 is 23.7 Å². The van der Waals surface area contributed by atoms with Gasteiger partial charge in [-0.25, -0.2) is 0 Å². The predicted molar refractivity (Wildman–Crippen MR) is 114 cm³/mol. The quantitative estimate of drug-likeness (QED) is 0.276. The molecule has 0 heterocycles. The summed E-state index contributed by atoms with van der Waals surface area (Å²) in [6.45, 7) is 6.29. The number of ether oxygens (including phenoxy) is 5. The van der Waals surface area contributed by atoms with Crippen molar-refractivity contribution in [2.45, 2.75) is 45.8 Å². The van der Waals surface area contributed by atoms with Crippen LogP contribution in [-0.2, 0) is 27.1 Å². The fraction of sp³-hybridized carbons (Fsp3) is 0.619. The Kier molecular flexibility index (Phi) is 13.4. The Labute approximate surface area is 178 Å². The maximum atomic E-state index is 6.02. The number of rotatable bonds is 15. The zero-order valence-corrected chi connectivity index (χ0v) is 18.8. The normalized spacial score (nSPS) is 11.0. The van der Waals surface area contributed by atoms with Crippen molar-refractivity contribution in [2.75, 3.05) is 40.6 Å². The van der Waals surface area contributed by atoms with Gasteiger partial charge >= 0.3 is 0 Å². The van der Waals surface area contributed by atoms with Crippen LogP contribution in [0.4, 0.5) is 0 Å². The molecule has 0 saturated heterocycles. The number of unbranched alkanes of at least 4 members (excludes halogenated alkanes) is 1. The van der Waals surface area contributed by atoms with Crippen molar-refractivity contribution in [1.82, 2.24) is 0 Å². The summed E-state index contributed by atoms with van der Waals surface area (Å²) in [5.41, 5.74) is 2.34. The first-order valence-corrected chi connectivity index (χ1v) is 10.4. The van der Waals surface area contributed by atoms with Crippen LogP contribution in [0, 0.1) is 0 Å². The molecule has 0 saturated carbocycles. The molecule has 0 N–H and O–H groups in total. The second-order valence-corrected chi connectivity index (χ2v) is 7.07. The van der Waals surface area contributed by atoms with Crippen molar-refractivity contribution in [2.24, 2.45) is 0 Å². The summed E-state index contributed by atoms with van der Waals surface area (Å²) < 4.78 is 27.7. The average Bonchev–Trinajstić information content (AvgIpc) is 2.69. The van der Waals surface area contributed by atoms with Gasteiger partial charge in [0.1, 0.15) is 22.6 Å². The van der Waals surface area contributed by atoms with E-state index in [1.54, 1.807) is 20.3 Å². The van der Waals surface area contributed by atoms with Gasteiger partial charge < -0.3 is 23.7 Å². The van der Waals surface area contributed by atoms with E-state index in [2.05, 4.69) is 13.8 Å². The molecule has 28 heavy (non-hydrogen) atoms. The minimum Gasteiger partial charge on any atom is -0.493 e. The van der Waals surface area contributed by atoms with Crippen LogP contribution in [0.1, 0.15) is 37.8 Å². The molecule has 0 aliphatic heterocycles. The first-order chi connectivity index (χ1) is 13.6. The van der Waals surface area contributed by atoms with E-state index in [1.165, 1.54) is 5.56 Å². The van der Waals surface area contributed by atoms with Gasteiger partial charge in [-0.1, -0.05) is 37.0 Å². The van der Waals surface area contributed by atoms with Gasteiger partial charge in [0.2, 0.25) is 0 Å². The van der Waals surface area contributed by atoms with Crippen LogP contribution in [0.25, 0.3) is 0 Å². The second kappa shape index (κ2) is 14.9. The molecule has 0 amide bonds. The summed E-state index contributed by atoms with van der Waals surface area (Å²) in [5.74, 6) is 1.76. The van der Waals surface area contributed by atoms with Crippen LogP contribution < -0.4 is 9.47 Å². The van der Waals surface area contributed by atoms with Gasteiger partial charge in [0.15, 0.2) is 6.29 Å². The lowest BCUT2D eigenvalue weighted by molar-refractivity contribution is -0.140. The summed E-state index contributed by atoms with van der Waals surface area (Å²) in [4.78, 5) is 0. The lowest BCUT2D eigenvalue weighted by Gasteiger charge is -2.18. The highest BCUT2D eigenvalue weighted by molar-refractivity contribution is 6.55. The molecule has 7 heteroatoms. The summed E-state index contributed by atoms with van der Waals surface area (Å²) in [6, 6.07) is 3.92. The molecule has 0 bridgehead atoms. The lowest BCUT2D eigenvalue weighted by atomic mass is 10.0. The third-order valence-electron chi connectivity index (χ3n) is 4.25. The number of hydrogen-bond donors (Lipinski definition) is 0. The van der Waals surface area contributed by atoms with Gasteiger partial charge in [-0.2, -0.15) is 0 Å². The molecule has 160 valence electrons. The molecule has 0 atom stereocenters. The molecule has 0 aliphatic rings. The third kappa shape index (κ3) is 9.01. The van der Waals surface area contributed by atoms with Crippen LogP contribution in [0.15, 0.2) is 22.7 Å². The van der Waals surface area contributed by atoms with Gasteiger partial charge in [0.05, 0.1) is 13.2 Å². The van der Waals surface area contributed by atoms with Crippen molar-refractivity contribution in [1.29, 1.82) is 0 Å². The number of halogens is 2. The molecule has 0 unspecified atom stereocenters. The summed E-state index contributed by atoms with van der Waals surface area (Å²) in [5, 5.41) is 0. The fourth-order valence-corrected chi connectivity index (χ4v) is 2.92. The van der Waals surface area contributed by atoms with Crippen molar-refractivity contribution >= 4 is 23.2 Å². The third-order valence-corrected chi connectivity index (χ3v) is 4.56. The monoisotopic (exact) mass is 434 g/mol. The van der Waals surface area contributed by atoms with E-state index in [0.29, 0.717) is 26.4 Å². The number of benzene rings is 1. The van der Waals surface area contributed by atoms with Crippen molar-refractivity contribution in [3.05, 3.63) is 33.8 Å². The molecular weight excluding hydrogens is 403 g/mol. The first kappa shape index (κ1) is 25.1. The Bertz CT molecular complexity index is 584. The first-order valence-electron chi connectivity index (χ1n) is 9.62. The van der Waals surface area contributed by atoms with Crippen LogP contribution in [-0.4, -0.2) is 46.9 Å². The Morgan fingerprint density at radius 1 is 0.929 bits per heavy atom. The van der Waals surface area contributed by atoms with E-state index in [1.807, 2.05) is 12.1 Å².